The molecule has 0 aliphatic rings. The van der Waals surface area contributed by atoms with Crippen LogP contribution in [0.15, 0.2) is 37.2 Å². The molecule has 2 aromatic rings. The van der Waals surface area contributed by atoms with Gasteiger partial charge in [0.15, 0.2) is 0 Å². The predicted octanol–water partition coefficient (Wildman–Crippen LogP) is 2.64. The van der Waals surface area contributed by atoms with Crippen LogP contribution in [-0.2, 0) is 6.54 Å². The van der Waals surface area contributed by atoms with Gasteiger partial charge in [0.1, 0.15) is 17.3 Å². The fraction of sp³-hybridized carbons (Fsp3) is 0.214. The number of aromatic nitrogens is 2. The highest BCUT2D eigenvalue weighted by Gasteiger charge is 2.10. The Morgan fingerprint density at radius 1 is 1.50 bits per heavy atom. The van der Waals surface area contributed by atoms with Gasteiger partial charge in [0, 0.05) is 12.1 Å². The number of ether oxygens (including phenoxy) is 1. The summed E-state index contributed by atoms with van der Waals surface area (Å²) in [6, 6.07) is 5.91. The first kappa shape index (κ1) is 12.2. The number of allylic oxidation sites excluding steroid dienone is 1. The van der Waals surface area contributed by atoms with E-state index in [-0.39, 0.29) is 0 Å². The van der Waals surface area contributed by atoms with E-state index in [0.717, 1.165) is 22.6 Å². The Morgan fingerprint density at radius 2 is 2.28 bits per heavy atom. The Balaban J connectivity index is 2.42. The molecule has 1 aromatic carbocycles. The second-order valence-electron chi connectivity index (χ2n) is 4.10. The van der Waals surface area contributed by atoms with E-state index in [2.05, 4.69) is 11.6 Å². The quantitative estimate of drug-likeness (QED) is 0.840. The molecule has 2 N–H and O–H groups in total. The number of methoxy groups -OCH3 is 1. The van der Waals surface area contributed by atoms with Gasteiger partial charge in [-0.3, -0.25) is 0 Å². The number of nitrogen functional groups attached to an aromatic ring is 1. The third-order valence-corrected chi connectivity index (χ3v) is 2.87. The van der Waals surface area contributed by atoms with Gasteiger partial charge in [-0.2, -0.15) is 0 Å². The molecule has 0 saturated heterocycles. The lowest BCUT2D eigenvalue weighted by Gasteiger charge is -2.07. The topological polar surface area (TPSA) is 53.1 Å². The summed E-state index contributed by atoms with van der Waals surface area (Å²) in [6.07, 6.45) is 3.52. The van der Waals surface area contributed by atoms with E-state index in [0.29, 0.717) is 12.4 Å². The number of nitrogens with zero attached hydrogens (tertiary/aromatic N) is 2. The molecule has 94 valence electrons. The smallest absolute Gasteiger partial charge is 0.131 e. The molecule has 0 saturated carbocycles. The zero-order chi connectivity index (χ0) is 13.1. The van der Waals surface area contributed by atoms with Crippen molar-refractivity contribution in [2.24, 2.45) is 0 Å². The number of benzene rings is 1. The van der Waals surface area contributed by atoms with Crippen LogP contribution in [0.5, 0.6) is 5.75 Å². The van der Waals surface area contributed by atoms with Crippen LogP contribution in [0, 0.1) is 6.92 Å². The summed E-state index contributed by atoms with van der Waals surface area (Å²) in [5.41, 5.74) is 8.91. The van der Waals surface area contributed by atoms with Crippen LogP contribution in [0.2, 0.25) is 0 Å². The lowest BCUT2D eigenvalue weighted by molar-refractivity contribution is 0.412. The molecule has 4 nitrogen and oxygen atoms in total. The summed E-state index contributed by atoms with van der Waals surface area (Å²) in [5, 5.41) is 0. The molecule has 0 spiro atoms. The molecule has 2 rings (SSSR count). The first-order valence-corrected chi connectivity index (χ1v) is 5.74. The molecular formula is C14H17N3O. The monoisotopic (exact) mass is 243 g/mol. The molecule has 0 unspecified atom stereocenters. The van der Waals surface area contributed by atoms with Gasteiger partial charge in [0.25, 0.3) is 0 Å². The normalized spacial score (nSPS) is 10.3. The van der Waals surface area contributed by atoms with Gasteiger partial charge in [-0.05, 0) is 30.7 Å². The Kier molecular flexibility index (Phi) is 3.37. The molecule has 0 aliphatic heterocycles. The molecule has 0 bridgehead atoms. The minimum Gasteiger partial charge on any atom is -0.496 e. The third kappa shape index (κ3) is 2.09. The van der Waals surface area contributed by atoms with E-state index in [1.54, 1.807) is 19.5 Å². The van der Waals surface area contributed by atoms with Crippen LogP contribution >= 0.6 is 0 Å². The number of hydrogen-bond donors (Lipinski definition) is 1. The van der Waals surface area contributed by atoms with Crippen LogP contribution in [0.25, 0.3) is 11.3 Å². The zero-order valence-corrected chi connectivity index (χ0v) is 10.7. The number of nitrogens with two attached hydrogens (primary N) is 1. The second kappa shape index (κ2) is 4.96. The van der Waals surface area contributed by atoms with Crippen LogP contribution < -0.4 is 10.5 Å². The van der Waals surface area contributed by atoms with Gasteiger partial charge in [-0.15, -0.1) is 6.58 Å². The van der Waals surface area contributed by atoms with E-state index in [4.69, 9.17) is 10.5 Å². The molecule has 1 aromatic heterocycles. The molecule has 4 heteroatoms. The fourth-order valence-electron chi connectivity index (χ4n) is 1.92. The second-order valence-corrected chi connectivity index (χ2v) is 4.10. The predicted molar refractivity (Wildman–Crippen MR) is 73.6 cm³/mol. The molecule has 0 radical (unpaired) electrons. The summed E-state index contributed by atoms with van der Waals surface area (Å²) in [6.45, 7) is 6.36. The first-order chi connectivity index (χ1) is 8.67. The maximum atomic E-state index is 6.06. The van der Waals surface area contributed by atoms with Crippen LogP contribution in [0.4, 0.5) is 5.82 Å². The SMILES string of the molecule is C=CCn1cnc(-c2ccc(OC)c(C)c2)c1N. The van der Waals surface area contributed by atoms with Crippen molar-refractivity contribution >= 4 is 5.82 Å². The van der Waals surface area contributed by atoms with Crippen molar-refractivity contribution in [2.45, 2.75) is 13.5 Å². The molecule has 1 heterocycles. The maximum Gasteiger partial charge on any atom is 0.131 e. The number of rotatable bonds is 4. The zero-order valence-electron chi connectivity index (χ0n) is 10.7. The minimum atomic E-state index is 0.652. The van der Waals surface area contributed by atoms with Gasteiger partial charge in [0.2, 0.25) is 0 Å². The number of imidazole rings is 1. The number of aryl methyl sites for hydroxylation is 1. The third-order valence-electron chi connectivity index (χ3n) is 2.87. The Hall–Kier alpha value is -2.23. The van der Waals surface area contributed by atoms with Gasteiger partial charge in [-0.25, -0.2) is 4.98 Å². The fourth-order valence-corrected chi connectivity index (χ4v) is 1.92. The van der Waals surface area contributed by atoms with E-state index < -0.39 is 0 Å². The lowest BCUT2D eigenvalue weighted by Crippen LogP contribution is -2.00. The highest BCUT2D eigenvalue weighted by molar-refractivity contribution is 5.71. The van der Waals surface area contributed by atoms with Crippen LogP contribution in [0.1, 0.15) is 5.56 Å². The van der Waals surface area contributed by atoms with Crippen molar-refractivity contribution in [3.63, 3.8) is 0 Å². The largest absolute Gasteiger partial charge is 0.496 e. The number of anilines is 1. The molecule has 0 amide bonds. The average Bonchev–Trinajstić information content (AvgIpc) is 2.72. The Labute approximate surface area is 107 Å². The van der Waals surface area contributed by atoms with Gasteiger partial charge in [0.05, 0.1) is 13.4 Å². The standard InChI is InChI=1S/C14H17N3O/c1-4-7-17-9-16-13(14(17)15)11-5-6-12(18-3)10(2)8-11/h4-6,8-9H,1,7,15H2,2-3H3. The van der Waals surface area contributed by atoms with Crippen molar-refractivity contribution in [2.75, 3.05) is 12.8 Å². The lowest BCUT2D eigenvalue weighted by atomic mass is 10.1. The molecule has 0 fully saturated rings. The average molecular weight is 243 g/mol. The van der Waals surface area contributed by atoms with Crippen molar-refractivity contribution in [3.05, 3.63) is 42.7 Å². The maximum absolute atomic E-state index is 6.06. The van der Waals surface area contributed by atoms with E-state index >= 15 is 0 Å². The van der Waals surface area contributed by atoms with E-state index in [1.807, 2.05) is 29.7 Å². The summed E-state index contributed by atoms with van der Waals surface area (Å²) >= 11 is 0. The van der Waals surface area contributed by atoms with Crippen molar-refractivity contribution in [3.8, 4) is 17.0 Å². The summed E-state index contributed by atoms with van der Waals surface area (Å²) < 4.78 is 7.10. The summed E-state index contributed by atoms with van der Waals surface area (Å²) in [5.74, 6) is 1.52. The van der Waals surface area contributed by atoms with Gasteiger partial charge in [-0.1, -0.05) is 6.08 Å². The Bertz CT molecular complexity index is 572. The Morgan fingerprint density at radius 3 is 2.89 bits per heavy atom. The highest BCUT2D eigenvalue weighted by atomic mass is 16.5. The van der Waals surface area contributed by atoms with Crippen LogP contribution in [-0.4, -0.2) is 16.7 Å². The molecule has 0 aliphatic carbocycles. The minimum absolute atomic E-state index is 0.652. The molecule has 0 atom stereocenters. The highest BCUT2D eigenvalue weighted by Crippen LogP contribution is 2.28. The molecular weight excluding hydrogens is 226 g/mol. The van der Waals surface area contributed by atoms with Crippen molar-refractivity contribution in [1.82, 2.24) is 9.55 Å². The first-order valence-electron chi connectivity index (χ1n) is 5.74. The summed E-state index contributed by atoms with van der Waals surface area (Å²) in [4.78, 5) is 4.35. The van der Waals surface area contributed by atoms with Gasteiger partial charge >= 0.3 is 0 Å². The van der Waals surface area contributed by atoms with Gasteiger partial charge < -0.3 is 15.0 Å². The summed E-state index contributed by atoms with van der Waals surface area (Å²) in [7, 11) is 1.66. The molecule has 18 heavy (non-hydrogen) atoms. The van der Waals surface area contributed by atoms with Crippen molar-refractivity contribution < 1.29 is 4.74 Å². The number of hydrogen-bond acceptors (Lipinski definition) is 3. The van der Waals surface area contributed by atoms with E-state index in [1.165, 1.54) is 0 Å². The van der Waals surface area contributed by atoms with E-state index in [9.17, 15) is 0 Å². The van der Waals surface area contributed by atoms with Crippen LogP contribution in [0.3, 0.4) is 0 Å². The van der Waals surface area contributed by atoms with Crippen molar-refractivity contribution in [1.29, 1.82) is 0 Å².